The molecule has 0 radical (unpaired) electrons. The maximum Gasteiger partial charge on any atom is 0.128 e. The average molecular weight is 397 g/mol. The summed E-state index contributed by atoms with van der Waals surface area (Å²) >= 11 is 0. The Morgan fingerprint density at radius 2 is 1.92 bits per heavy atom. The van der Waals surface area contributed by atoms with Crippen molar-refractivity contribution in [2.45, 2.75) is 0 Å². The zero-order chi connectivity index (χ0) is 5.82. The van der Waals surface area contributed by atoms with E-state index in [0.717, 1.165) is 5.76 Å². The molecule has 0 saturated carbocycles. The standard InChI is InChI=1S/C7H6O.2BrH.2Zn/c1-8-7-5-3-2-4-6-7;;;;/h3-5H,1H3;2*1H;;/p-2. The number of ether oxygens (including phenoxy) is 1. The third-order valence-electron chi connectivity index (χ3n) is 0.849. The molecule has 1 nitrogen and oxygen atoms in total. The first-order valence-corrected chi connectivity index (χ1v) is 2.35. The van der Waals surface area contributed by atoms with E-state index >= 15 is 0 Å². The second kappa shape index (κ2) is 14.6. The van der Waals surface area contributed by atoms with Crippen LogP contribution in [-0.4, -0.2) is 7.11 Å². The maximum atomic E-state index is 4.84. The van der Waals surface area contributed by atoms with Gasteiger partial charge in [0, 0.05) is 45.0 Å². The Morgan fingerprint density at radius 3 is 2.17 bits per heavy atom. The summed E-state index contributed by atoms with van der Waals surface area (Å²) in [5, 5.41) is 0. The van der Waals surface area contributed by atoms with Gasteiger partial charge in [-0.15, -0.1) is 6.08 Å². The van der Waals surface area contributed by atoms with Crippen LogP contribution in [0.4, 0.5) is 0 Å². The van der Waals surface area contributed by atoms with Gasteiger partial charge in [0.25, 0.3) is 0 Å². The van der Waals surface area contributed by atoms with Crippen LogP contribution in [0.3, 0.4) is 0 Å². The molecule has 0 amide bonds. The van der Waals surface area contributed by atoms with Gasteiger partial charge in [0.1, 0.15) is 5.76 Å². The Labute approximate surface area is 120 Å². The van der Waals surface area contributed by atoms with Crippen molar-refractivity contribution >= 4 is 0 Å². The third kappa shape index (κ3) is 9.23. The molecule has 1 rings (SSSR count). The van der Waals surface area contributed by atoms with E-state index < -0.39 is 0 Å². The van der Waals surface area contributed by atoms with E-state index in [-0.39, 0.29) is 72.9 Å². The van der Waals surface area contributed by atoms with Crippen molar-refractivity contribution in [2.24, 2.45) is 0 Å². The molecule has 1 aliphatic carbocycles. The van der Waals surface area contributed by atoms with Crippen LogP contribution in [0, 0.1) is 12.2 Å². The van der Waals surface area contributed by atoms with E-state index in [9.17, 15) is 0 Å². The summed E-state index contributed by atoms with van der Waals surface area (Å²) in [6, 6.07) is 0. The minimum atomic E-state index is 0. The van der Waals surface area contributed by atoms with Crippen molar-refractivity contribution in [1.82, 2.24) is 0 Å². The van der Waals surface area contributed by atoms with Gasteiger partial charge in [0.15, 0.2) is 0 Å². The largest absolute Gasteiger partial charge is 1.00 e. The van der Waals surface area contributed by atoms with E-state index in [4.69, 9.17) is 4.74 Å². The number of hydrogen-bond acceptors (Lipinski definition) is 1. The zero-order valence-electron chi connectivity index (χ0n) is 6.81. The Bertz CT molecular complexity index is 167. The van der Waals surface area contributed by atoms with Gasteiger partial charge in [-0.3, -0.25) is 0 Å². The number of halogens is 2. The molecular formula is C7H6Br2OZn2-2. The summed E-state index contributed by atoms with van der Waals surface area (Å²) in [6.07, 6.45) is 11.0. The van der Waals surface area contributed by atoms with Gasteiger partial charge in [-0.2, -0.15) is 0 Å². The monoisotopic (exact) mass is 392 g/mol. The molecule has 60 valence electrons. The van der Waals surface area contributed by atoms with Gasteiger partial charge in [-0.05, 0) is 18.2 Å². The number of hydrogen-bond donors (Lipinski definition) is 0. The summed E-state index contributed by atoms with van der Waals surface area (Å²) in [5.41, 5.74) is 0. The van der Waals surface area contributed by atoms with Gasteiger partial charge in [-0.25, -0.2) is 0 Å². The Balaban J connectivity index is -0.0000000800. The molecule has 0 saturated heterocycles. The quantitative estimate of drug-likeness (QED) is 0.320. The first-order chi connectivity index (χ1) is 3.93. The number of allylic oxidation sites excluding steroid dienone is 5. The van der Waals surface area contributed by atoms with Crippen molar-refractivity contribution in [3.8, 4) is 0 Å². The van der Waals surface area contributed by atoms with Crippen LogP contribution in [0.25, 0.3) is 0 Å². The molecule has 0 atom stereocenters. The summed E-state index contributed by atoms with van der Waals surface area (Å²) < 4.78 is 4.84. The molecule has 0 fully saturated rings. The van der Waals surface area contributed by atoms with Crippen molar-refractivity contribution < 1.29 is 77.7 Å². The van der Waals surface area contributed by atoms with Crippen molar-refractivity contribution in [3.63, 3.8) is 0 Å². The molecule has 1 aliphatic rings. The van der Waals surface area contributed by atoms with Crippen LogP contribution >= 0.6 is 0 Å². The topological polar surface area (TPSA) is 9.23 Å². The fourth-order valence-electron chi connectivity index (χ4n) is 0.460. The molecule has 0 N–H and O–H groups in total. The second-order valence-electron chi connectivity index (χ2n) is 1.36. The summed E-state index contributed by atoms with van der Waals surface area (Å²) in [6.45, 7) is 0. The molecule has 0 bridgehead atoms. The van der Waals surface area contributed by atoms with Gasteiger partial charge >= 0.3 is 0 Å². The van der Waals surface area contributed by atoms with Crippen LogP contribution in [-0.2, 0) is 43.7 Å². The molecule has 5 heteroatoms. The van der Waals surface area contributed by atoms with Crippen LogP contribution in [0.1, 0.15) is 0 Å². The van der Waals surface area contributed by atoms with Gasteiger partial charge < -0.3 is 38.7 Å². The van der Waals surface area contributed by atoms with Crippen molar-refractivity contribution in [1.29, 1.82) is 0 Å². The average Bonchev–Trinajstić information content (AvgIpc) is 1.90. The Kier molecular flexibility index (Phi) is 28.3. The van der Waals surface area contributed by atoms with Gasteiger partial charge in [-0.1, -0.05) is 0 Å². The first kappa shape index (κ1) is 23.2. The van der Waals surface area contributed by atoms with Crippen LogP contribution in [0.2, 0.25) is 0 Å². The maximum absolute atomic E-state index is 4.84. The Morgan fingerprint density at radius 1 is 1.33 bits per heavy atom. The molecule has 0 heterocycles. The minimum absolute atomic E-state index is 0. The van der Waals surface area contributed by atoms with Gasteiger partial charge in [0.05, 0.1) is 7.11 Å². The number of methoxy groups -OCH3 is 1. The zero-order valence-corrected chi connectivity index (χ0v) is 15.9. The number of rotatable bonds is 1. The normalized spacial score (nSPS) is 9.92. The summed E-state index contributed by atoms with van der Waals surface area (Å²) in [5.74, 6) is 0.753. The predicted octanol–water partition coefficient (Wildman–Crippen LogP) is -4.75. The van der Waals surface area contributed by atoms with Crippen molar-refractivity contribution in [3.05, 3.63) is 36.1 Å². The van der Waals surface area contributed by atoms with E-state index in [0.29, 0.717) is 0 Å². The van der Waals surface area contributed by atoms with Crippen LogP contribution < -0.4 is 34.0 Å². The molecular weight excluding hydrogens is 391 g/mol. The fraction of sp³-hybridized carbons (Fsp3) is 0.143. The van der Waals surface area contributed by atoms with Crippen molar-refractivity contribution in [2.75, 3.05) is 7.11 Å². The van der Waals surface area contributed by atoms with Gasteiger partial charge in [0.2, 0.25) is 0 Å². The first-order valence-electron chi connectivity index (χ1n) is 2.35. The third-order valence-corrected chi connectivity index (χ3v) is 0.849. The second-order valence-corrected chi connectivity index (χ2v) is 1.36. The molecule has 0 aromatic carbocycles. The molecule has 0 aliphatic heterocycles. The molecule has 0 unspecified atom stereocenters. The molecule has 0 aromatic heterocycles. The molecule has 0 spiro atoms. The fourth-order valence-corrected chi connectivity index (χ4v) is 0.460. The van der Waals surface area contributed by atoms with E-state index in [2.05, 4.69) is 12.2 Å². The molecule has 12 heavy (non-hydrogen) atoms. The Hall–Kier alpha value is 1.14. The summed E-state index contributed by atoms with van der Waals surface area (Å²) in [4.78, 5) is 0. The van der Waals surface area contributed by atoms with E-state index in [1.807, 2.05) is 0 Å². The SMILES string of the molecule is COC1=[C-]C=[C+]C=C1.[Br-].[Br-].[Zn].[Zn]. The van der Waals surface area contributed by atoms with E-state index in [1.165, 1.54) is 0 Å². The smallest absolute Gasteiger partial charge is 0.128 e. The van der Waals surface area contributed by atoms with Crippen LogP contribution in [0.15, 0.2) is 24.0 Å². The molecule has 0 aromatic rings. The minimum Gasteiger partial charge on any atom is -1.00 e. The summed E-state index contributed by atoms with van der Waals surface area (Å²) in [7, 11) is 1.62. The van der Waals surface area contributed by atoms with Crippen LogP contribution in [0.5, 0.6) is 0 Å². The van der Waals surface area contributed by atoms with E-state index in [1.54, 1.807) is 25.3 Å². The predicted molar refractivity (Wildman–Crippen MR) is 30.7 cm³/mol.